The number of ether oxygens (including phenoxy) is 1. The fourth-order valence-electron chi connectivity index (χ4n) is 5.46. The van der Waals surface area contributed by atoms with Crippen molar-refractivity contribution in [3.8, 4) is 0 Å². The summed E-state index contributed by atoms with van der Waals surface area (Å²) < 4.78 is 9.98. The van der Waals surface area contributed by atoms with Crippen molar-refractivity contribution in [3.63, 3.8) is 0 Å². The SMILES string of the molecule is Cc1cnc2c(Cl)c([C@H]3C[C@@]4(CO3)C[C@@H](n3ccc5c(N)ncnc53)[C@H](O)[C@@H]4O)ccn12. The second kappa shape index (κ2) is 6.89. The number of nitrogen functional groups attached to an aromatic ring is 1. The highest BCUT2D eigenvalue weighted by molar-refractivity contribution is 6.34. The van der Waals surface area contributed by atoms with Gasteiger partial charge in [-0.05, 0) is 31.9 Å². The fourth-order valence-corrected chi connectivity index (χ4v) is 5.78. The number of aryl methyl sites for hydroxylation is 1. The van der Waals surface area contributed by atoms with Gasteiger partial charge in [-0.25, -0.2) is 15.0 Å². The molecular weight excluding hydrogens is 432 g/mol. The number of nitrogens with two attached hydrogens (primary N) is 1. The van der Waals surface area contributed by atoms with Crippen LogP contribution in [0.25, 0.3) is 16.7 Å². The van der Waals surface area contributed by atoms with Crippen molar-refractivity contribution in [1.29, 1.82) is 0 Å². The van der Waals surface area contributed by atoms with Gasteiger partial charge in [-0.15, -0.1) is 0 Å². The van der Waals surface area contributed by atoms with Gasteiger partial charge in [-0.1, -0.05) is 11.6 Å². The lowest BCUT2D eigenvalue weighted by Gasteiger charge is -2.26. The number of aliphatic hydroxyl groups excluding tert-OH is 2. The molecular formula is C22H23ClN6O3. The molecule has 0 radical (unpaired) electrons. The average Bonchev–Trinajstić information content (AvgIpc) is 3.53. The Morgan fingerprint density at radius 3 is 2.84 bits per heavy atom. The topological polar surface area (TPSA) is 124 Å². The molecule has 32 heavy (non-hydrogen) atoms. The summed E-state index contributed by atoms with van der Waals surface area (Å²) in [6, 6.07) is 3.43. The molecule has 6 rings (SSSR count). The van der Waals surface area contributed by atoms with Gasteiger partial charge in [0.1, 0.15) is 23.9 Å². The molecule has 5 heterocycles. The monoisotopic (exact) mass is 454 g/mol. The maximum absolute atomic E-state index is 11.1. The number of hydrogen-bond acceptors (Lipinski definition) is 7. The zero-order chi connectivity index (χ0) is 22.2. The molecule has 1 aliphatic carbocycles. The second-order valence-corrected chi connectivity index (χ2v) is 9.35. The molecule has 10 heteroatoms. The van der Waals surface area contributed by atoms with E-state index >= 15 is 0 Å². The van der Waals surface area contributed by atoms with Crippen LogP contribution >= 0.6 is 11.6 Å². The summed E-state index contributed by atoms with van der Waals surface area (Å²) in [4.78, 5) is 12.8. The lowest BCUT2D eigenvalue weighted by molar-refractivity contribution is -0.0309. The number of imidazole rings is 1. The minimum atomic E-state index is -0.961. The Labute approximate surface area is 188 Å². The predicted molar refractivity (Wildman–Crippen MR) is 118 cm³/mol. The van der Waals surface area contributed by atoms with Crippen LogP contribution in [0.1, 0.15) is 36.2 Å². The summed E-state index contributed by atoms with van der Waals surface area (Å²) in [5, 5.41) is 23.4. The smallest absolute Gasteiger partial charge is 0.156 e. The number of nitrogens with zero attached hydrogens (tertiary/aromatic N) is 5. The molecule has 0 bridgehead atoms. The number of pyridine rings is 1. The molecule has 166 valence electrons. The molecule has 0 unspecified atom stereocenters. The van der Waals surface area contributed by atoms with Crippen molar-refractivity contribution in [2.75, 3.05) is 12.3 Å². The van der Waals surface area contributed by atoms with Crippen LogP contribution in [0.5, 0.6) is 0 Å². The molecule has 2 fully saturated rings. The van der Waals surface area contributed by atoms with Gasteiger partial charge < -0.3 is 29.7 Å². The average molecular weight is 455 g/mol. The maximum atomic E-state index is 11.1. The van der Waals surface area contributed by atoms with E-state index < -0.39 is 17.6 Å². The van der Waals surface area contributed by atoms with E-state index in [1.54, 1.807) is 6.20 Å². The third-order valence-corrected chi connectivity index (χ3v) is 7.59. The van der Waals surface area contributed by atoms with E-state index in [1.165, 1.54) is 6.33 Å². The molecule has 4 aromatic rings. The van der Waals surface area contributed by atoms with Crippen LogP contribution in [0.3, 0.4) is 0 Å². The van der Waals surface area contributed by atoms with E-state index in [4.69, 9.17) is 22.1 Å². The maximum Gasteiger partial charge on any atom is 0.156 e. The molecule has 1 saturated carbocycles. The Kier molecular flexibility index (Phi) is 4.29. The number of aromatic nitrogens is 5. The van der Waals surface area contributed by atoms with E-state index in [2.05, 4.69) is 15.0 Å². The molecule has 9 nitrogen and oxygen atoms in total. The first-order valence-corrected chi connectivity index (χ1v) is 10.9. The van der Waals surface area contributed by atoms with Gasteiger partial charge in [0.25, 0.3) is 0 Å². The lowest BCUT2D eigenvalue weighted by atomic mass is 9.80. The third-order valence-electron chi connectivity index (χ3n) is 7.20. The van der Waals surface area contributed by atoms with E-state index in [1.807, 2.05) is 40.4 Å². The van der Waals surface area contributed by atoms with Gasteiger partial charge in [0.05, 0.1) is 35.3 Å². The van der Waals surface area contributed by atoms with Crippen LogP contribution in [0.4, 0.5) is 5.82 Å². The first-order valence-electron chi connectivity index (χ1n) is 10.6. The summed E-state index contributed by atoms with van der Waals surface area (Å²) in [7, 11) is 0. The van der Waals surface area contributed by atoms with Gasteiger partial charge in [0.15, 0.2) is 5.65 Å². The molecule has 2 aliphatic rings. The number of aliphatic hydroxyl groups is 2. The first-order chi connectivity index (χ1) is 15.4. The zero-order valence-corrected chi connectivity index (χ0v) is 18.1. The van der Waals surface area contributed by atoms with Crippen molar-refractivity contribution >= 4 is 34.1 Å². The highest BCUT2D eigenvalue weighted by atomic mass is 35.5. The molecule has 4 N–H and O–H groups in total. The van der Waals surface area contributed by atoms with Gasteiger partial charge in [-0.2, -0.15) is 0 Å². The van der Waals surface area contributed by atoms with E-state index in [0.29, 0.717) is 41.6 Å². The zero-order valence-electron chi connectivity index (χ0n) is 17.4. The van der Waals surface area contributed by atoms with Crippen LogP contribution in [0.2, 0.25) is 5.02 Å². The predicted octanol–water partition coefficient (Wildman–Crippen LogP) is 2.44. The molecule has 0 amide bonds. The van der Waals surface area contributed by atoms with Crippen LogP contribution in [0, 0.1) is 12.3 Å². The first kappa shape index (κ1) is 19.9. The van der Waals surface area contributed by atoms with Crippen molar-refractivity contribution in [2.45, 2.75) is 44.1 Å². The Morgan fingerprint density at radius 1 is 1.16 bits per heavy atom. The lowest BCUT2D eigenvalue weighted by Crippen LogP contribution is -2.37. The third kappa shape index (κ3) is 2.65. The Morgan fingerprint density at radius 2 is 2.00 bits per heavy atom. The van der Waals surface area contributed by atoms with Crippen molar-refractivity contribution in [1.82, 2.24) is 23.9 Å². The molecule has 1 spiro atoms. The Balaban J connectivity index is 1.33. The summed E-state index contributed by atoms with van der Waals surface area (Å²) >= 11 is 6.68. The summed E-state index contributed by atoms with van der Waals surface area (Å²) in [6.07, 6.45) is 5.87. The van der Waals surface area contributed by atoms with Gasteiger partial charge >= 0.3 is 0 Å². The quantitative estimate of drug-likeness (QED) is 0.425. The molecule has 1 saturated heterocycles. The summed E-state index contributed by atoms with van der Waals surface area (Å²) in [5.41, 5.74) is 8.55. The highest BCUT2D eigenvalue weighted by Gasteiger charge is 2.57. The van der Waals surface area contributed by atoms with Crippen LogP contribution in [-0.4, -0.2) is 52.9 Å². The fraction of sp³-hybridized carbons (Fsp3) is 0.409. The Hall–Kier alpha value is -2.72. The number of fused-ring (bicyclic) bond motifs is 2. The number of hydrogen-bond donors (Lipinski definition) is 3. The number of rotatable bonds is 2. The van der Waals surface area contributed by atoms with Crippen molar-refractivity contribution in [3.05, 3.63) is 53.3 Å². The summed E-state index contributed by atoms with van der Waals surface area (Å²) in [6.45, 7) is 2.30. The van der Waals surface area contributed by atoms with Crippen LogP contribution < -0.4 is 5.73 Å². The Bertz CT molecular complexity index is 1350. The number of anilines is 1. The normalized spacial score (nSPS) is 30.2. The minimum absolute atomic E-state index is 0.288. The molecule has 4 aromatic heterocycles. The van der Waals surface area contributed by atoms with Crippen LogP contribution in [-0.2, 0) is 4.74 Å². The van der Waals surface area contributed by atoms with Crippen molar-refractivity contribution in [2.24, 2.45) is 5.41 Å². The van der Waals surface area contributed by atoms with E-state index in [0.717, 1.165) is 16.6 Å². The summed E-state index contributed by atoms with van der Waals surface area (Å²) in [5.74, 6) is 0.389. The van der Waals surface area contributed by atoms with Gasteiger partial charge in [-0.3, -0.25) is 0 Å². The van der Waals surface area contributed by atoms with Gasteiger partial charge in [0.2, 0.25) is 0 Å². The minimum Gasteiger partial charge on any atom is -0.390 e. The van der Waals surface area contributed by atoms with Gasteiger partial charge in [0, 0.05) is 35.3 Å². The standard InChI is InChI=1S/C22H23ClN6O3/c1-11-8-25-21-16(23)12(2-4-28(11)21)15-7-22(9-32-15)6-14(17(30)18(22)31)29-5-3-13-19(24)26-10-27-20(13)29/h2-5,8,10,14-15,17-18,30-31H,6-7,9H2,1H3,(H2,24,26,27)/t14-,15-,17+,18+,22-/m1/s1. The molecule has 5 atom stereocenters. The largest absolute Gasteiger partial charge is 0.390 e. The second-order valence-electron chi connectivity index (χ2n) is 8.97. The van der Waals surface area contributed by atoms with Crippen molar-refractivity contribution < 1.29 is 14.9 Å². The highest BCUT2D eigenvalue weighted by Crippen LogP contribution is 2.55. The van der Waals surface area contributed by atoms with E-state index in [-0.39, 0.29) is 12.1 Å². The number of halogens is 1. The van der Waals surface area contributed by atoms with Crippen LogP contribution in [0.15, 0.2) is 37.1 Å². The van der Waals surface area contributed by atoms with E-state index in [9.17, 15) is 10.2 Å². The molecule has 1 aliphatic heterocycles. The molecule has 0 aromatic carbocycles.